The van der Waals surface area contributed by atoms with Gasteiger partial charge in [-0.2, -0.15) is 0 Å². The van der Waals surface area contributed by atoms with Crippen molar-refractivity contribution in [1.82, 2.24) is 4.90 Å². The van der Waals surface area contributed by atoms with E-state index in [4.69, 9.17) is 21.1 Å². The fraction of sp³-hybridized carbons (Fsp3) is 0.423. The molecule has 188 valence electrons. The van der Waals surface area contributed by atoms with E-state index in [0.717, 1.165) is 4.90 Å². The number of benzene rings is 2. The number of ether oxygens (including phenoxy) is 2. The number of rotatable bonds is 5. The number of methoxy groups -OCH3 is 1. The van der Waals surface area contributed by atoms with Crippen LogP contribution in [0.25, 0.3) is 0 Å². The van der Waals surface area contributed by atoms with Gasteiger partial charge < -0.3 is 24.4 Å². The molecule has 0 saturated carbocycles. The minimum Gasteiger partial charge on any atom is -0.496 e. The van der Waals surface area contributed by atoms with Crippen molar-refractivity contribution < 1.29 is 29.0 Å². The van der Waals surface area contributed by atoms with Gasteiger partial charge in [0.05, 0.1) is 7.11 Å². The molecule has 1 N–H and O–H groups in total. The molecule has 0 radical (unpaired) electrons. The highest BCUT2D eigenvalue weighted by atomic mass is 35.5. The summed E-state index contributed by atoms with van der Waals surface area (Å²) in [4.78, 5) is 40.7. The van der Waals surface area contributed by atoms with E-state index in [0.29, 0.717) is 34.1 Å². The number of carboxylic acids is 1. The van der Waals surface area contributed by atoms with Crippen LogP contribution in [0.4, 0.5) is 5.69 Å². The minimum atomic E-state index is -1.16. The molecule has 0 aromatic heterocycles. The lowest BCUT2D eigenvalue weighted by molar-refractivity contribution is -0.147. The smallest absolute Gasteiger partial charge is 0.323 e. The molecule has 1 heterocycles. The molecule has 8 nitrogen and oxygen atoms in total. The summed E-state index contributed by atoms with van der Waals surface area (Å²) in [5, 5.41) is 9.76. The largest absolute Gasteiger partial charge is 0.496 e. The molecule has 1 atom stereocenters. The van der Waals surface area contributed by atoms with Crippen LogP contribution >= 0.6 is 11.6 Å². The van der Waals surface area contributed by atoms with Gasteiger partial charge >= 0.3 is 5.97 Å². The predicted molar refractivity (Wildman–Crippen MR) is 133 cm³/mol. The second-order valence-electron chi connectivity index (χ2n) is 9.64. The Labute approximate surface area is 210 Å². The molecule has 2 aromatic rings. The van der Waals surface area contributed by atoms with Crippen LogP contribution in [-0.4, -0.2) is 61.1 Å². The number of aliphatic carboxylic acids is 1. The van der Waals surface area contributed by atoms with Crippen molar-refractivity contribution in [3.63, 3.8) is 0 Å². The number of para-hydroxylation sites is 1. The summed E-state index contributed by atoms with van der Waals surface area (Å²) in [5.41, 5.74) is 1.63. The van der Waals surface area contributed by atoms with Crippen LogP contribution in [0.2, 0.25) is 5.02 Å². The Hall–Kier alpha value is -3.10. The van der Waals surface area contributed by atoms with Gasteiger partial charge in [-0.25, -0.2) is 0 Å². The molecule has 0 bridgehead atoms. The Bertz CT molecular complexity index is 1100. The van der Waals surface area contributed by atoms with Crippen LogP contribution in [-0.2, 0) is 19.1 Å². The van der Waals surface area contributed by atoms with Crippen LogP contribution in [0.5, 0.6) is 5.75 Å². The van der Waals surface area contributed by atoms with E-state index < -0.39 is 24.5 Å². The monoisotopic (exact) mass is 502 g/mol. The third kappa shape index (κ3) is 6.74. The van der Waals surface area contributed by atoms with Gasteiger partial charge in [0, 0.05) is 41.3 Å². The third-order valence-electron chi connectivity index (χ3n) is 5.57. The van der Waals surface area contributed by atoms with Gasteiger partial charge in [0.2, 0.25) is 11.8 Å². The van der Waals surface area contributed by atoms with Crippen molar-refractivity contribution in [1.29, 1.82) is 0 Å². The van der Waals surface area contributed by atoms with Gasteiger partial charge in [0.25, 0.3) is 0 Å². The van der Waals surface area contributed by atoms with Crippen molar-refractivity contribution in [2.45, 2.75) is 33.3 Å². The molecule has 2 aromatic carbocycles. The number of halogens is 1. The van der Waals surface area contributed by atoms with Crippen LogP contribution < -0.4 is 9.64 Å². The van der Waals surface area contributed by atoms with Crippen LogP contribution in [0.3, 0.4) is 0 Å². The van der Waals surface area contributed by atoms with Crippen LogP contribution in [0.15, 0.2) is 42.5 Å². The van der Waals surface area contributed by atoms with E-state index in [-0.39, 0.29) is 30.9 Å². The van der Waals surface area contributed by atoms with Crippen molar-refractivity contribution in [3.8, 4) is 5.75 Å². The number of hydrogen-bond donors (Lipinski definition) is 1. The predicted octanol–water partition coefficient (Wildman–Crippen LogP) is 4.15. The second kappa shape index (κ2) is 11.1. The molecule has 0 spiro atoms. The normalized spacial score (nSPS) is 17.6. The van der Waals surface area contributed by atoms with Crippen molar-refractivity contribution in [2.24, 2.45) is 5.41 Å². The average molecular weight is 503 g/mol. The molecule has 35 heavy (non-hydrogen) atoms. The summed E-state index contributed by atoms with van der Waals surface area (Å²) >= 11 is 6.40. The lowest BCUT2D eigenvalue weighted by Crippen LogP contribution is -2.42. The van der Waals surface area contributed by atoms with Crippen LogP contribution in [0.1, 0.15) is 44.4 Å². The van der Waals surface area contributed by atoms with Crippen molar-refractivity contribution >= 4 is 35.1 Å². The summed E-state index contributed by atoms with van der Waals surface area (Å²) in [7, 11) is 1.54. The van der Waals surface area contributed by atoms with E-state index in [9.17, 15) is 19.5 Å². The standard InChI is InChI=1S/C26H31ClN2O6/c1-26(2,3)16-29-20-10-9-17(27)13-19(20)25(18-7-5-6-8-21(18)34-4)35-15-23(31)28(14-24(32)33)12-11-22(29)30/h5-10,13,25H,11-12,14-16H2,1-4H3,(H,32,33). The van der Waals surface area contributed by atoms with Gasteiger partial charge in [-0.3, -0.25) is 14.4 Å². The molecule has 1 aliphatic rings. The van der Waals surface area contributed by atoms with E-state index in [2.05, 4.69) is 0 Å². The average Bonchev–Trinajstić information content (AvgIpc) is 2.80. The molecular weight excluding hydrogens is 472 g/mol. The van der Waals surface area contributed by atoms with Crippen molar-refractivity contribution in [3.05, 3.63) is 58.6 Å². The number of amides is 2. The van der Waals surface area contributed by atoms with Crippen molar-refractivity contribution in [2.75, 3.05) is 38.3 Å². The highest BCUT2D eigenvalue weighted by molar-refractivity contribution is 6.30. The molecule has 9 heteroatoms. The molecular formula is C26H31ClN2O6. The lowest BCUT2D eigenvalue weighted by Gasteiger charge is -2.33. The Morgan fingerprint density at radius 3 is 2.51 bits per heavy atom. The molecule has 1 unspecified atom stereocenters. The maximum absolute atomic E-state index is 13.5. The first-order chi connectivity index (χ1) is 16.5. The number of nitrogens with zero attached hydrogens (tertiary/aromatic N) is 2. The Balaban J connectivity index is 2.22. The zero-order chi connectivity index (χ0) is 25.8. The van der Waals surface area contributed by atoms with Gasteiger partial charge in [0.1, 0.15) is 25.0 Å². The first-order valence-corrected chi connectivity index (χ1v) is 11.7. The minimum absolute atomic E-state index is 0.0313. The number of hydrogen-bond acceptors (Lipinski definition) is 5. The Kier molecular flexibility index (Phi) is 8.40. The Morgan fingerprint density at radius 1 is 1.14 bits per heavy atom. The molecule has 0 saturated heterocycles. The van der Waals surface area contributed by atoms with Gasteiger partial charge in [0.15, 0.2) is 0 Å². The molecule has 1 aliphatic heterocycles. The summed E-state index contributed by atoms with van der Waals surface area (Å²) in [6.07, 6.45) is -0.833. The number of anilines is 1. The molecule has 2 amide bonds. The number of carboxylic acid groups (broad SMARTS) is 1. The molecule has 3 rings (SSSR count). The van der Waals surface area contributed by atoms with Gasteiger partial charge in [-0.05, 0) is 29.7 Å². The second-order valence-corrected chi connectivity index (χ2v) is 10.1. The van der Waals surface area contributed by atoms with Gasteiger partial charge in [-0.15, -0.1) is 0 Å². The number of carbonyl (C=O) groups is 3. The highest BCUT2D eigenvalue weighted by Crippen LogP contribution is 2.40. The van der Waals surface area contributed by atoms with E-state index >= 15 is 0 Å². The highest BCUT2D eigenvalue weighted by Gasteiger charge is 2.32. The topological polar surface area (TPSA) is 96.4 Å². The maximum Gasteiger partial charge on any atom is 0.323 e. The first kappa shape index (κ1) is 26.5. The zero-order valence-electron chi connectivity index (χ0n) is 20.4. The van der Waals surface area contributed by atoms with E-state index in [1.165, 1.54) is 7.11 Å². The summed E-state index contributed by atoms with van der Waals surface area (Å²) in [6, 6.07) is 12.5. The summed E-state index contributed by atoms with van der Waals surface area (Å²) in [5.74, 6) is -1.37. The van der Waals surface area contributed by atoms with Crippen LogP contribution in [0, 0.1) is 5.41 Å². The van der Waals surface area contributed by atoms with Gasteiger partial charge in [-0.1, -0.05) is 50.6 Å². The summed E-state index contributed by atoms with van der Waals surface area (Å²) < 4.78 is 11.7. The SMILES string of the molecule is COc1ccccc1C1OCC(=O)N(CC(=O)O)CCC(=O)N(CC(C)(C)C)c2ccc(Cl)cc21. The number of carbonyl (C=O) groups excluding carboxylic acids is 2. The molecule has 0 fully saturated rings. The number of fused-ring (bicyclic) bond motifs is 1. The van der Waals surface area contributed by atoms with E-state index in [1.54, 1.807) is 29.2 Å². The fourth-order valence-corrected chi connectivity index (χ4v) is 4.24. The quantitative estimate of drug-likeness (QED) is 0.659. The zero-order valence-corrected chi connectivity index (χ0v) is 21.2. The Morgan fingerprint density at radius 2 is 1.86 bits per heavy atom. The molecule has 0 aliphatic carbocycles. The fourth-order valence-electron chi connectivity index (χ4n) is 4.06. The lowest BCUT2D eigenvalue weighted by atomic mass is 9.93. The first-order valence-electron chi connectivity index (χ1n) is 11.3. The van der Waals surface area contributed by atoms with E-state index in [1.807, 2.05) is 39.0 Å². The summed E-state index contributed by atoms with van der Waals surface area (Å²) in [6.45, 7) is 5.53. The third-order valence-corrected chi connectivity index (χ3v) is 5.80. The maximum atomic E-state index is 13.5.